The molecular formula is C12H20N2. The standard InChI is InChI=1S/C8H8N2.2C2H6/c1-3-4-8-7(2)9-5-6-10-8;2*1-2/h3-6H,1-2H2;2*1-2H3/b8-4+;;. The maximum absolute atomic E-state index is 4.02. The van der Waals surface area contributed by atoms with Crippen LogP contribution in [0.5, 0.6) is 0 Å². The van der Waals surface area contributed by atoms with Crippen LogP contribution in [0, 0.1) is 0 Å². The molecular weight excluding hydrogens is 172 g/mol. The highest BCUT2D eigenvalue weighted by molar-refractivity contribution is 5.31. The fourth-order valence-corrected chi connectivity index (χ4v) is 0.628. The van der Waals surface area contributed by atoms with Crippen LogP contribution in [0.1, 0.15) is 27.7 Å². The second kappa shape index (κ2) is 11.6. The lowest BCUT2D eigenvalue weighted by molar-refractivity contribution is 1.10. The Balaban J connectivity index is 0. The normalized spacial score (nSPS) is 9.00. The van der Waals surface area contributed by atoms with E-state index in [1.165, 1.54) is 0 Å². The Morgan fingerprint density at radius 1 is 1.07 bits per heavy atom. The third-order valence-electron chi connectivity index (χ3n) is 1.08. The molecule has 0 spiro atoms. The molecule has 0 bridgehead atoms. The Morgan fingerprint density at radius 2 is 1.57 bits per heavy atom. The molecule has 2 nitrogen and oxygen atoms in total. The first-order valence-electron chi connectivity index (χ1n) is 4.93. The van der Waals surface area contributed by atoms with Crippen molar-refractivity contribution < 1.29 is 0 Å². The van der Waals surface area contributed by atoms with Crippen LogP contribution in [0.3, 0.4) is 0 Å². The number of hydrogen-bond acceptors (Lipinski definition) is 2. The minimum atomic E-state index is 0.683. The summed E-state index contributed by atoms with van der Waals surface area (Å²) in [6.45, 7) is 15.2. The number of rotatable bonds is 1. The van der Waals surface area contributed by atoms with Crippen LogP contribution < -0.4 is 10.7 Å². The van der Waals surface area contributed by atoms with E-state index in [2.05, 4.69) is 23.1 Å². The van der Waals surface area contributed by atoms with Gasteiger partial charge in [-0.3, -0.25) is 9.97 Å². The highest BCUT2D eigenvalue weighted by Gasteiger charge is 1.78. The maximum atomic E-state index is 4.02. The minimum Gasteiger partial charge on any atom is -0.254 e. The summed E-state index contributed by atoms with van der Waals surface area (Å²) in [7, 11) is 0. The summed E-state index contributed by atoms with van der Waals surface area (Å²) in [4.78, 5) is 7.96. The molecule has 0 aromatic carbocycles. The van der Waals surface area contributed by atoms with E-state index < -0.39 is 0 Å². The van der Waals surface area contributed by atoms with Crippen LogP contribution in [0.15, 0.2) is 25.0 Å². The average Bonchev–Trinajstić information content (AvgIpc) is 2.28. The van der Waals surface area contributed by atoms with Gasteiger partial charge in [0.1, 0.15) is 0 Å². The minimum absolute atomic E-state index is 0.683. The van der Waals surface area contributed by atoms with Gasteiger partial charge in [-0.15, -0.1) is 0 Å². The van der Waals surface area contributed by atoms with E-state index in [4.69, 9.17) is 0 Å². The molecule has 1 heterocycles. The van der Waals surface area contributed by atoms with Crippen LogP contribution in [0.2, 0.25) is 0 Å². The Bertz CT molecular complexity index is 328. The van der Waals surface area contributed by atoms with Crippen molar-refractivity contribution in [3.8, 4) is 0 Å². The zero-order valence-electron chi connectivity index (χ0n) is 9.62. The van der Waals surface area contributed by atoms with E-state index in [0.717, 1.165) is 5.35 Å². The van der Waals surface area contributed by atoms with Crippen LogP contribution in [-0.4, -0.2) is 9.97 Å². The number of aromatic nitrogens is 2. The quantitative estimate of drug-likeness (QED) is 0.679. The van der Waals surface area contributed by atoms with E-state index in [1.807, 2.05) is 27.7 Å². The Labute approximate surface area is 86.7 Å². The SMILES string of the molecule is C=C/C=c1/nccnc1=C.CC.CC. The van der Waals surface area contributed by atoms with Gasteiger partial charge in [0.15, 0.2) is 0 Å². The van der Waals surface area contributed by atoms with Gasteiger partial charge in [0.2, 0.25) is 0 Å². The van der Waals surface area contributed by atoms with E-state index in [0.29, 0.717) is 5.35 Å². The summed E-state index contributed by atoms with van der Waals surface area (Å²) in [5.74, 6) is 0. The smallest absolute Gasteiger partial charge is 0.0880 e. The van der Waals surface area contributed by atoms with Crippen molar-refractivity contribution in [3.05, 3.63) is 35.7 Å². The molecule has 0 N–H and O–H groups in total. The number of nitrogens with zero attached hydrogens (tertiary/aromatic N) is 2. The zero-order valence-corrected chi connectivity index (χ0v) is 9.62. The van der Waals surface area contributed by atoms with Gasteiger partial charge in [-0.05, 0) is 6.08 Å². The van der Waals surface area contributed by atoms with Gasteiger partial charge in [-0.25, -0.2) is 0 Å². The first kappa shape index (κ1) is 15.1. The summed E-state index contributed by atoms with van der Waals surface area (Å²) in [5, 5.41) is 1.46. The summed E-state index contributed by atoms with van der Waals surface area (Å²) in [6.07, 6.45) is 6.68. The highest BCUT2D eigenvalue weighted by Crippen LogP contribution is 1.61. The Morgan fingerprint density at radius 3 is 2.00 bits per heavy atom. The van der Waals surface area contributed by atoms with Crippen molar-refractivity contribution in [2.75, 3.05) is 0 Å². The van der Waals surface area contributed by atoms with E-state index in [1.54, 1.807) is 24.5 Å². The molecule has 14 heavy (non-hydrogen) atoms. The second-order valence-corrected chi connectivity index (χ2v) is 1.79. The third-order valence-corrected chi connectivity index (χ3v) is 1.08. The highest BCUT2D eigenvalue weighted by atomic mass is 14.7. The molecule has 0 unspecified atom stereocenters. The molecule has 0 atom stereocenters. The molecule has 1 aromatic heterocycles. The van der Waals surface area contributed by atoms with E-state index in [9.17, 15) is 0 Å². The summed E-state index contributed by atoms with van der Waals surface area (Å²) < 4.78 is 0. The fourth-order valence-electron chi connectivity index (χ4n) is 0.628. The lowest BCUT2D eigenvalue weighted by Crippen LogP contribution is -2.28. The van der Waals surface area contributed by atoms with Crippen molar-refractivity contribution in [2.24, 2.45) is 0 Å². The monoisotopic (exact) mass is 192 g/mol. The molecule has 78 valence electrons. The van der Waals surface area contributed by atoms with Gasteiger partial charge >= 0.3 is 0 Å². The first-order chi connectivity index (χ1) is 6.84. The van der Waals surface area contributed by atoms with E-state index >= 15 is 0 Å². The fraction of sp³-hybridized carbons (Fsp3) is 0.333. The van der Waals surface area contributed by atoms with Crippen LogP contribution in [0.25, 0.3) is 12.7 Å². The van der Waals surface area contributed by atoms with Gasteiger partial charge in [-0.1, -0.05) is 46.9 Å². The van der Waals surface area contributed by atoms with Gasteiger partial charge in [0.05, 0.1) is 10.7 Å². The second-order valence-electron chi connectivity index (χ2n) is 1.79. The Hall–Kier alpha value is -1.44. The molecule has 0 aliphatic heterocycles. The first-order valence-corrected chi connectivity index (χ1v) is 4.93. The molecule has 0 aliphatic rings. The third kappa shape index (κ3) is 6.12. The van der Waals surface area contributed by atoms with Gasteiger partial charge in [-0.2, -0.15) is 0 Å². The number of allylic oxidation sites excluding steroid dienone is 1. The van der Waals surface area contributed by atoms with Crippen molar-refractivity contribution in [1.29, 1.82) is 0 Å². The molecule has 2 heteroatoms. The summed E-state index contributed by atoms with van der Waals surface area (Å²) >= 11 is 0. The van der Waals surface area contributed by atoms with Crippen molar-refractivity contribution in [3.63, 3.8) is 0 Å². The van der Waals surface area contributed by atoms with Crippen molar-refractivity contribution >= 4 is 12.7 Å². The number of hydrogen-bond donors (Lipinski definition) is 0. The van der Waals surface area contributed by atoms with Crippen LogP contribution in [0.4, 0.5) is 0 Å². The molecule has 0 saturated heterocycles. The molecule has 0 saturated carbocycles. The predicted molar refractivity (Wildman–Crippen MR) is 64.2 cm³/mol. The largest absolute Gasteiger partial charge is 0.254 e. The molecule has 0 amide bonds. The zero-order chi connectivity index (χ0) is 11.4. The topological polar surface area (TPSA) is 25.8 Å². The molecule has 0 aliphatic carbocycles. The lowest BCUT2D eigenvalue weighted by atomic mass is 10.4. The van der Waals surface area contributed by atoms with E-state index in [-0.39, 0.29) is 0 Å². The van der Waals surface area contributed by atoms with Crippen molar-refractivity contribution in [1.82, 2.24) is 9.97 Å². The lowest BCUT2D eigenvalue weighted by Gasteiger charge is -1.82. The predicted octanol–water partition coefficient (Wildman–Crippen LogP) is 1.91. The van der Waals surface area contributed by atoms with Gasteiger partial charge in [0, 0.05) is 12.4 Å². The molecule has 1 rings (SSSR count). The molecule has 0 radical (unpaired) electrons. The summed E-state index contributed by atoms with van der Waals surface area (Å²) in [6, 6.07) is 0. The van der Waals surface area contributed by atoms with Crippen LogP contribution >= 0.6 is 0 Å². The summed E-state index contributed by atoms with van der Waals surface area (Å²) in [5.41, 5.74) is 0. The van der Waals surface area contributed by atoms with Crippen molar-refractivity contribution in [2.45, 2.75) is 27.7 Å². The Kier molecular flexibility index (Phi) is 12.4. The molecule has 0 fully saturated rings. The van der Waals surface area contributed by atoms with Gasteiger partial charge < -0.3 is 0 Å². The van der Waals surface area contributed by atoms with Crippen LogP contribution in [-0.2, 0) is 0 Å². The average molecular weight is 192 g/mol. The van der Waals surface area contributed by atoms with Gasteiger partial charge in [0.25, 0.3) is 0 Å². The molecule has 1 aromatic rings. The maximum Gasteiger partial charge on any atom is 0.0880 e.